The molecule has 124 valence electrons. The quantitative estimate of drug-likeness (QED) is 0.617. The Balaban J connectivity index is 2.03. The number of rotatable bonds is 10. The minimum Gasteiger partial charge on any atom is -0.444 e. The van der Waals surface area contributed by atoms with Gasteiger partial charge in [0.05, 0.1) is 6.54 Å². The third-order valence-corrected chi connectivity index (χ3v) is 3.66. The summed E-state index contributed by atoms with van der Waals surface area (Å²) < 4.78 is 5.59. The molecule has 2 N–H and O–H groups in total. The Morgan fingerprint density at radius 1 is 1.14 bits per heavy atom. The van der Waals surface area contributed by atoms with Gasteiger partial charge in [-0.3, -0.25) is 9.59 Å². The maximum Gasteiger partial charge on any atom is 0.287 e. The molecule has 0 spiro atoms. The highest BCUT2D eigenvalue weighted by molar-refractivity contribution is 9.10. The van der Waals surface area contributed by atoms with E-state index in [1.165, 1.54) is 19.3 Å². The van der Waals surface area contributed by atoms with Gasteiger partial charge in [-0.05, 0) is 40.4 Å². The molecule has 0 atom stereocenters. The first-order valence-electron chi connectivity index (χ1n) is 7.79. The first kappa shape index (κ1) is 18.7. The average molecular weight is 373 g/mol. The van der Waals surface area contributed by atoms with Crippen molar-refractivity contribution < 1.29 is 14.0 Å². The molecule has 0 aliphatic carbocycles. The molecule has 0 unspecified atom stereocenters. The van der Waals surface area contributed by atoms with Crippen molar-refractivity contribution in [2.45, 2.75) is 46.0 Å². The number of hydrogen-bond donors (Lipinski definition) is 2. The molecule has 0 fully saturated rings. The molecule has 0 saturated carbocycles. The number of halogens is 1. The summed E-state index contributed by atoms with van der Waals surface area (Å²) in [4.78, 5) is 23.3. The van der Waals surface area contributed by atoms with Gasteiger partial charge in [0.1, 0.15) is 0 Å². The lowest BCUT2D eigenvalue weighted by atomic mass is 10.0. The van der Waals surface area contributed by atoms with Crippen LogP contribution in [0.2, 0.25) is 0 Å². The highest BCUT2D eigenvalue weighted by atomic mass is 79.9. The molecule has 0 radical (unpaired) electrons. The summed E-state index contributed by atoms with van der Waals surface area (Å²) >= 11 is 3.12. The van der Waals surface area contributed by atoms with Crippen LogP contribution in [0.4, 0.5) is 0 Å². The van der Waals surface area contributed by atoms with E-state index >= 15 is 0 Å². The maximum absolute atomic E-state index is 11.7. The zero-order chi connectivity index (χ0) is 16.4. The Morgan fingerprint density at radius 3 is 2.50 bits per heavy atom. The van der Waals surface area contributed by atoms with E-state index in [4.69, 9.17) is 4.42 Å². The Bertz CT molecular complexity index is 472. The fraction of sp³-hybridized carbons (Fsp3) is 0.625. The zero-order valence-electron chi connectivity index (χ0n) is 13.3. The third kappa shape index (κ3) is 8.22. The minimum absolute atomic E-state index is 0.0372. The van der Waals surface area contributed by atoms with Crippen LogP contribution in [0.15, 0.2) is 21.2 Å². The second-order valence-corrected chi connectivity index (χ2v) is 6.51. The van der Waals surface area contributed by atoms with Gasteiger partial charge in [0.25, 0.3) is 5.91 Å². The van der Waals surface area contributed by atoms with E-state index in [9.17, 15) is 9.59 Å². The van der Waals surface area contributed by atoms with Gasteiger partial charge in [-0.25, -0.2) is 0 Å². The average Bonchev–Trinajstić information content (AvgIpc) is 2.90. The Labute approximate surface area is 140 Å². The van der Waals surface area contributed by atoms with E-state index in [2.05, 4.69) is 40.4 Å². The molecule has 0 bridgehead atoms. The normalized spacial score (nSPS) is 10.7. The largest absolute Gasteiger partial charge is 0.444 e. The molecule has 1 heterocycles. The van der Waals surface area contributed by atoms with Gasteiger partial charge in [-0.1, -0.05) is 39.5 Å². The van der Waals surface area contributed by atoms with E-state index < -0.39 is 5.91 Å². The molecule has 1 aromatic rings. The van der Waals surface area contributed by atoms with E-state index in [0.717, 1.165) is 18.8 Å². The first-order valence-corrected chi connectivity index (χ1v) is 8.58. The van der Waals surface area contributed by atoms with Crippen molar-refractivity contribution in [3.63, 3.8) is 0 Å². The van der Waals surface area contributed by atoms with E-state index in [1.807, 2.05) is 0 Å². The van der Waals surface area contributed by atoms with Crippen LogP contribution in [0.1, 0.15) is 56.5 Å². The topological polar surface area (TPSA) is 71.3 Å². The molecule has 1 rings (SSSR count). The molecule has 2 amide bonds. The predicted octanol–water partition coefficient (Wildman–Crippen LogP) is 3.49. The number of carbonyl (C=O) groups is 2. The van der Waals surface area contributed by atoms with E-state index in [1.54, 1.807) is 12.1 Å². The van der Waals surface area contributed by atoms with Crippen LogP contribution in [-0.2, 0) is 4.79 Å². The smallest absolute Gasteiger partial charge is 0.287 e. The standard InChI is InChI=1S/C16H25BrN2O3/c1-12(2)7-5-3-4-6-10-18-15(20)11-19-16(21)13-8-9-14(17)22-13/h8-9,12H,3-7,10-11H2,1-2H3,(H,18,20)(H,19,21). The molecule has 1 aromatic heterocycles. The molecule has 6 heteroatoms. The monoisotopic (exact) mass is 372 g/mol. The number of amides is 2. The molecule has 0 saturated heterocycles. The Hall–Kier alpha value is -1.30. The summed E-state index contributed by atoms with van der Waals surface area (Å²) in [7, 11) is 0. The van der Waals surface area contributed by atoms with Crippen molar-refractivity contribution in [1.82, 2.24) is 10.6 Å². The van der Waals surface area contributed by atoms with Crippen LogP contribution in [0.3, 0.4) is 0 Å². The summed E-state index contributed by atoms with van der Waals surface area (Å²) in [5, 5.41) is 5.32. The Kier molecular flexibility index (Phi) is 8.89. The fourth-order valence-corrected chi connectivity index (χ4v) is 2.31. The molecule has 22 heavy (non-hydrogen) atoms. The molecule has 0 aromatic carbocycles. The minimum atomic E-state index is -0.394. The van der Waals surface area contributed by atoms with Crippen molar-refractivity contribution >= 4 is 27.7 Å². The first-order chi connectivity index (χ1) is 10.5. The number of hydrogen-bond acceptors (Lipinski definition) is 3. The third-order valence-electron chi connectivity index (χ3n) is 3.24. The molecular weight excluding hydrogens is 348 g/mol. The SMILES string of the molecule is CC(C)CCCCCCNC(=O)CNC(=O)c1ccc(Br)o1. The summed E-state index contributed by atoms with van der Waals surface area (Å²) in [5.74, 6) is 0.374. The summed E-state index contributed by atoms with van der Waals surface area (Å²) in [6.07, 6.45) is 5.82. The zero-order valence-corrected chi connectivity index (χ0v) is 14.9. The van der Waals surface area contributed by atoms with Crippen LogP contribution in [0.25, 0.3) is 0 Å². The highest BCUT2D eigenvalue weighted by Gasteiger charge is 2.11. The number of carbonyl (C=O) groups excluding carboxylic acids is 2. The van der Waals surface area contributed by atoms with Gasteiger partial charge < -0.3 is 15.1 Å². The Morgan fingerprint density at radius 2 is 1.86 bits per heavy atom. The van der Waals surface area contributed by atoms with Crippen molar-refractivity contribution in [2.24, 2.45) is 5.92 Å². The lowest BCUT2D eigenvalue weighted by molar-refractivity contribution is -0.120. The lowest BCUT2D eigenvalue weighted by Gasteiger charge is -2.07. The summed E-state index contributed by atoms with van der Waals surface area (Å²) in [6.45, 7) is 5.08. The predicted molar refractivity (Wildman–Crippen MR) is 89.7 cm³/mol. The van der Waals surface area contributed by atoms with Crippen LogP contribution in [0, 0.1) is 5.92 Å². The van der Waals surface area contributed by atoms with Gasteiger partial charge >= 0.3 is 0 Å². The highest BCUT2D eigenvalue weighted by Crippen LogP contribution is 2.13. The molecular formula is C16H25BrN2O3. The van der Waals surface area contributed by atoms with Gasteiger partial charge in [-0.2, -0.15) is 0 Å². The van der Waals surface area contributed by atoms with Crippen LogP contribution in [-0.4, -0.2) is 24.9 Å². The second-order valence-electron chi connectivity index (χ2n) is 5.73. The number of nitrogens with one attached hydrogen (secondary N) is 2. The van der Waals surface area contributed by atoms with Gasteiger partial charge in [0.15, 0.2) is 10.4 Å². The van der Waals surface area contributed by atoms with Gasteiger partial charge in [-0.15, -0.1) is 0 Å². The number of unbranched alkanes of at least 4 members (excludes halogenated alkanes) is 3. The fourth-order valence-electron chi connectivity index (χ4n) is 2.01. The molecule has 5 nitrogen and oxygen atoms in total. The van der Waals surface area contributed by atoms with Crippen LogP contribution in [0.5, 0.6) is 0 Å². The van der Waals surface area contributed by atoms with Crippen molar-refractivity contribution in [2.75, 3.05) is 13.1 Å². The van der Waals surface area contributed by atoms with Crippen molar-refractivity contribution in [1.29, 1.82) is 0 Å². The van der Waals surface area contributed by atoms with Crippen molar-refractivity contribution in [3.05, 3.63) is 22.6 Å². The maximum atomic E-state index is 11.7. The van der Waals surface area contributed by atoms with Gasteiger partial charge in [0, 0.05) is 6.54 Å². The lowest BCUT2D eigenvalue weighted by Crippen LogP contribution is -2.37. The number of furan rings is 1. The van der Waals surface area contributed by atoms with Crippen molar-refractivity contribution in [3.8, 4) is 0 Å². The summed E-state index contributed by atoms with van der Waals surface area (Å²) in [6, 6.07) is 3.18. The molecule has 0 aliphatic rings. The summed E-state index contributed by atoms with van der Waals surface area (Å²) in [5.41, 5.74) is 0. The van der Waals surface area contributed by atoms with Crippen LogP contribution < -0.4 is 10.6 Å². The van der Waals surface area contributed by atoms with Crippen LogP contribution >= 0.6 is 15.9 Å². The van der Waals surface area contributed by atoms with E-state index in [-0.39, 0.29) is 18.2 Å². The van der Waals surface area contributed by atoms with E-state index in [0.29, 0.717) is 11.2 Å². The second kappa shape index (κ2) is 10.4. The van der Waals surface area contributed by atoms with Gasteiger partial charge in [0.2, 0.25) is 5.91 Å². The molecule has 0 aliphatic heterocycles.